The first-order valence-electron chi connectivity index (χ1n) is 12.1. The molecule has 1 N–H and O–H groups in total. The molecule has 0 radical (unpaired) electrons. The number of fused-ring (bicyclic) bond motifs is 1. The zero-order chi connectivity index (χ0) is 24.5. The molecule has 2 amide bonds. The summed E-state index contributed by atoms with van der Waals surface area (Å²) < 4.78 is 0. The molecule has 2 aromatic carbocycles. The lowest BCUT2D eigenvalue weighted by Gasteiger charge is -2.32. The van der Waals surface area contributed by atoms with Gasteiger partial charge in [0, 0.05) is 32.4 Å². The maximum atomic E-state index is 13.4. The highest BCUT2D eigenvalue weighted by molar-refractivity contribution is 5.87. The molecule has 188 valence electrons. The first-order chi connectivity index (χ1) is 16.5. The number of carbonyl (C=O) groups excluding carboxylic acids is 2. The molecule has 7 heteroatoms. The van der Waals surface area contributed by atoms with Crippen molar-refractivity contribution in [2.75, 3.05) is 31.6 Å². The van der Waals surface area contributed by atoms with Gasteiger partial charge >= 0.3 is 0 Å². The molecule has 1 heterocycles. The number of unbranched alkanes of at least 4 members (excludes halogenated alkanes) is 2. The van der Waals surface area contributed by atoms with E-state index in [1.54, 1.807) is 24.2 Å². The molecule has 0 aliphatic carbocycles. The number of carbonyl (C=O) groups is 2. The summed E-state index contributed by atoms with van der Waals surface area (Å²) in [5, 5.41) is 6.66. The molecule has 0 spiro atoms. The SMILES string of the molecule is C.[C-]#[N+]c1ccc(CC)c(N(CC(=O)NCCCCC)CC(=O)N(C)N2Cc3ccccc3C2)c1. The molecule has 0 fully saturated rings. The molecule has 1 aliphatic rings. The van der Waals surface area contributed by atoms with Crippen LogP contribution in [0.15, 0.2) is 42.5 Å². The Balaban J connectivity index is 0.00000432. The van der Waals surface area contributed by atoms with Crippen molar-refractivity contribution in [2.45, 2.75) is 60.0 Å². The number of amides is 2. The monoisotopic (exact) mass is 477 g/mol. The van der Waals surface area contributed by atoms with Crippen molar-refractivity contribution in [3.63, 3.8) is 0 Å². The van der Waals surface area contributed by atoms with Crippen LogP contribution in [0.5, 0.6) is 0 Å². The lowest BCUT2D eigenvalue weighted by atomic mass is 10.1. The summed E-state index contributed by atoms with van der Waals surface area (Å²) in [5.74, 6) is -0.211. The highest BCUT2D eigenvalue weighted by Crippen LogP contribution is 2.28. The molecule has 35 heavy (non-hydrogen) atoms. The first-order valence-corrected chi connectivity index (χ1v) is 12.1. The first kappa shape index (κ1) is 27.9. The Morgan fingerprint density at radius 2 is 1.74 bits per heavy atom. The number of benzene rings is 2. The molecular weight excluding hydrogens is 438 g/mol. The smallest absolute Gasteiger partial charge is 0.256 e. The van der Waals surface area contributed by atoms with Crippen molar-refractivity contribution < 1.29 is 9.59 Å². The van der Waals surface area contributed by atoms with E-state index in [1.165, 1.54) is 11.1 Å². The summed E-state index contributed by atoms with van der Waals surface area (Å²) in [6, 6.07) is 13.7. The second kappa shape index (κ2) is 13.5. The maximum Gasteiger partial charge on any atom is 0.256 e. The number of nitrogens with zero attached hydrogens (tertiary/aromatic N) is 4. The van der Waals surface area contributed by atoms with Crippen molar-refractivity contribution in [1.82, 2.24) is 15.3 Å². The van der Waals surface area contributed by atoms with E-state index in [4.69, 9.17) is 6.57 Å². The zero-order valence-corrected chi connectivity index (χ0v) is 20.5. The molecule has 2 aromatic rings. The fourth-order valence-corrected chi connectivity index (χ4v) is 4.22. The van der Waals surface area contributed by atoms with Gasteiger partial charge in [0.1, 0.15) is 0 Å². The predicted octanol–water partition coefficient (Wildman–Crippen LogP) is 4.94. The van der Waals surface area contributed by atoms with Gasteiger partial charge in [-0.2, -0.15) is 0 Å². The summed E-state index contributed by atoms with van der Waals surface area (Å²) in [7, 11) is 1.79. The quantitative estimate of drug-likeness (QED) is 0.368. The number of likely N-dealkylation sites (N-methyl/N-ethyl adjacent to an activating group) is 1. The third-order valence-electron chi connectivity index (χ3n) is 6.29. The number of rotatable bonds is 11. The van der Waals surface area contributed by atoms with Crippen LogP contribution < -0.4 is 10.2 Å². The molecule has 0 atom stereocenters. The average molecular weight is 478 g/mol. The molecule has 0 saturated heterocycles. The minimum atomic E-state index is -0.115. The second-order valence-electron chi connectivity index (χ2n) is 8.70. The average Bonchev–Trinajstić information content (AvgIpc) is 3.29. The van der Waals surface area contributed by atoms with Crippen LogP contribution >= 0.6 is 0 Å². The normalized spacial score (nSPS) is 12.3. The van der Waals surface area contributed by atoms with Crippen molar-refractivity contribution in [1.29, 1.82) is 0 Å². The number of hydrogen-bond donors (Lipinski definition) is 1. The molecule has 0 saturated carbocycles. The zero-order valence-electron chi connectivity index (χ0n) is 20.5. The molecule has 3 rings (SSSR count). The Kier molecular flexibility index (Phi) is 10.8. The Morgan fingerprint density at radius 1 is 1.06 bits per heavy atom. The molecule has 0 bridgehead atoms. The van der Waals surface area contributed by atoms with Crippen molar-refractivity contribution in [2.24, 2.45) is 0 Å². The number of nitrogens with one attached hydrogen (secondary N) is 1. The van der Waals surface area contributed by atoms with E-state index in [2.05, 4.69) is 29.2 Å². The maximum absolute atomic E-state index is 13.4. The fourth-order valence-electron chi connectivity index (χ4n) is 4.22. The summed E-state index contributed by atoms with van der Waals surface area (Å²) in [6.07, 6.45) is 3.84. The van der Waals surface area contributed by atoms with Crippen LogP contribution in [-0.2, 0) is 29.1 Å². The highest BCUT2D eigenvalue weighted by atomic mass is 16.2. The van der Waals surface area contributed by atoms with Crippen molar-refractivity contribution >= 4 is 23.2 Å². The van der Waals surface area contributed by atoms with Gasteiger partial charge in [-0.1, -0.05) is 70.5 Å². The van der Waals surface area contributed by atoms with E-state index in [1.807, 2.05) is 35.0 Å². The predicted molar refractivity (Wildman–Crippen MR) is 142 cm³/mol. The Bertz CT molecular complexity index is 1020. The van der Waals surface area contributed by atoms with E-state index in [0.29, 0.717) is 25.3 Å². The lowest BCUT2D eigenvalue weighted by molar-refractivity contribution is -0.145. The number of anilines is 1. The van der Waals surface area contributed by atoms with Crippen LogP contribution in [0, 0.1) is 6.57 Å². The summed E-state index contributed by atoms with van der Waals surface area (Å²) in [5.41, 5.74) is 4.73. The molecule has 0 aromatic heterocycles. The minimum Gasteiger partial charge on any atom is -0.355 e. The van der Waals surface area contributed by atoms with E-state index >= 15 is 0 Å². The van der Waals surface area contributed by atoms with E-state index in [-0.39, 0.29) is 32.3 Å². The van der Waals surface area contributed by atoms with Crippen LogP contribution in [0.25, 0.3) is 4.85 Å². The lowest BCUT2D eigenvalue weighted by Crippen LogP contribution is -2.48. The minimum absolute atomic E-state index is 0. The van der Waals surface area contributed by atoms with Gasteiger partial charge < -0.3 is 10.2 Å². The van der Waals surface area contributed by atoms with E-state index in [0.717, 1.165) is 36.9 Å². The van der Waals surface area contributed by atoms with Gasteiger partial charge in [0.05, 0.1) is 19.7 Å². The standard InChI is InChI=1S/C27H35N5O2.CH4/c1-5-7-10-15-29-26(33)19-31(25-16-24(28-3)14-13-21(25)6-2)20-27(34)30(4)32-17-22-11-8-9-12-23(22)18-32;/h8-9,11-14,16H,5-7,10,15,17-20H2,1-2,4H3,(H,29,33);1H4. The second-order valence-corrected chi connectivity index (χ2v) is 8.70. The van der Waals surface area contributed by atoms with Gasteiger partial charge in [0.15, 0.2) is 5.69 Å². The van der Waals surface area contributed by atoms with Gasteiger partial charge in [0.2, 0.25) is 5.91 Å². The molecule has 7 nitrogen and oxygen atoms in total. The van der Waals surface area contributed by atoms with Gasteiger partial charge in [-0.25, -0.2) is 9.85 Å². The van der Waals surface area contributed by atoms with Gasteiger partial charge in [0.25, 0.3) is 5.91 Å². The summed E-state index contributed by atoms with van der Waals surface area (Å²) >= 11 is 0. The van der Waals surface area contributed by atoms with Crippen molar-refractivity contribution in [3.8, 4) is 0 Å². The van der Waals surface area contributed by atoms with Crippen LogP contribution in [-0.4, -0.2) is 48.5 Å². The molecular formula is C28H39N5O2. The van der Waals surface area contributed by atoms with Crippen LogP contribution in [0.4, 0.5) is 11.4 Å². The number of aryl methyl sites for hydroxylation is 1. The van der Waals surface area contributed by atoms with Gasteiger partial charge in [-0.15, -0.1) is 0 Å². The summed E-state index contributed by atoms with van der Waals surface area (Å²) in [4.78, 5) is 31.5. The fraction of sp³-hybridized carbons (Fsp3) is 0.464. The topological polar surface area (TPSA) is 60.3 Å². The third kappa shape index (κ3) is 7.30. The Hall–Kier alpha value is -3.37. The Labute approximate surface area is 210 Å². The molecule has 1 aliphatic heterocycles. The van der Waals surface area contributed by atoms with Crippen molar-refractivity contribution in [3.05, 3.63) is 70.6 Å². The molecule has 0 unspecified atom stereocenters. The van der Waals surface area contributed by atoms with E-state index < -0.39 is 0 Å². The number of hydrazine groups is 1. The largest absolute Gasteiger partial charge is 0.355 e. The van der Waals surface area contributed by atoms with Gasteiger partial charge in [-0.05, 0) is 35.6 Å². The van der Waals surface area contributed by atoms with Crippen LogP contribution in [0.1, 0.15) is 57.2 Å². The highest BCUT2D eigenvalue weighted by Gasteiger charge is 2.27. The van der Waals surface area contributed by atoms with Crippen LogP contribution in [0.2, 0.25) is 0 Å². The van der Waals surface area contributed by atoms with E-state index in [9.17, 15) is 9.59 Å². The summed E-state index contributed by atoms with van der Waals surface area (Å²) in [6.45, 7) is 13.7. The van der Waals surface area contributed by atoms with Crippen LogP contribution in [0.3, 0.4) is 0 Å². The third-order valence-corrected chi connectivity index (χ3v) is 6.29. The Morgan fingerprint density at radius 3 is 2.34 bits per heavy atom. The number of hydrogen-bond acceptors (Lipinski definition) is 4. The van der Waals surface area contributed by atoms with Gasteiger partial charge in [-0.3, -0.25) is 14.6 Å².